The lowest BCUT2D eigenvalue weighted by molar-refractivity contribution is 0.515. The number of aromatic nitrogens is 2. The second-order valence-electron chi connectivity index (χ2n) is 4.30. The van der Waals surface area contributed by atoms with Crippen LogP contribution in [0.1, 0.15) is 30.5 Å². The Balaban J connectivity index is 2.35. The van der Waals surface area contributed by atoms with Crippen LogP contribution in [0.25, 0.3) is 0 Å². The van der Waals surface area contributed by atoms with Gasteiger partial charge in [-0.2, -0.15) is 5.10 Å². The normalized spacial score (nSPS) is 12.7. The minimum Gasteiger partial charge on any atom is -0.320 e. The van der Waals surface area contributed by atoms with Crippen LogP contribution in [0.4, 0.5) is 13.2 Å². The van der Waals surface area contributed by atoms with Crippen LogP contribution in [0, 0.1) is 17.5 Å². The maximum Gasteiger partial charge on any atom is 0.134 e. The summed E-state index contributed by atoms with van der Waals surface area (Å²) >= 11 is 0. The minimum atomic E-state index is -1.01. The first-order chi connectivity index (χ1) is 9.02. The molecule has 0 aliphatic heterocycles. The Hall–Kier alpha value is -1.82. The SMILES string of the molecule is CCCn1cc(C(N)c2c(F)cc(F)cc2F)cn1. The molecule has 1 heterocycles. The van der Waals surface area contributed by atoms with Gasteiger partial charge >= 0.3 is 0 Å². The van der Waals surface area contributed by atoms with E-state index >= 15 is 0 Å². The number of rotatable bonds is 4. The van der Waals surface area contributed by atoms with Crippen molar-refractivity contribution in [3.63, 3.8) is 0 Å². The molecule has 0 fully saturated rings. The van der Waals surface area contributed by atoms with Gasteiger partial charge in [0.05, 0.1) is 12.2 Å². The molecule has 19 heavy (non-hydrogen) atoms. The molecule has 0 saturated carbocycles. The second kappa shape index (κ2) is 5.44. The van der Waals surface area contributed by atoms with Gasteiger partial charge in [-0.25, -0.2) is 13.2 Å². The highest BCUT2D eigenvalue weighted by atomic mass is 19.1. The van der Waals surface area contributed by atoms with E-state index in [0.717, 1.165) is 6.42 Å². The fourth-order valence-corrected chi connectivity index (χ4v) is 1.91. The number of halogens is 3. The molecule has 102 valence electrons. The van der Waals surface area contributed by atoms with Gasteiger partial charge in [-0.05, 0) is 6.42 Å². The average Bonchev–Trinajstić information content (AvgIpc) is 2.76. The Morgan fingerprint density at radius 1 is 1.26 bits per heavy atom. The van der Waals surface area contributed by atoms with Crippen LogP contribution in [-0.2, 0) is 6.54 Å². The summed E-state index contributed by atoms with van der Waals surface area (Å²) in [4.78, 5) is 0. The van der Waals surface area contributed by atoms with E-state index in [1.54, 1.807) is 10.9 Å². The molecule has 0 saturated heterocycles. The van der Waals surface area contributed by atoms with Gasteiger partial charge in [0.25, 0.3) is 0 Å². The van der Waals surface area contributed by atoms with Crippen molar-refractivity contribution in [2.24, 2.45) is 5.73 Å². The fraction of sp³-hybridized carbons (Fsp3) is 0.308. The lowest BCUT2D eigenvalue weighted by Gasteiger charge is -2.12. The minimum absolute atomic E-state index is 0.350. The molecule has 0 amide bonds. The largest absolute Gasteiger partial charge is 0.320 e. The molecule has 1 aromatic heterocycles. The number of nitrogens with zero attached hydrogens (tertiary/aromatic N) is 2. The Morgan fingerprint density at radius 2 is 1.89 bits per heavy atom. The average molecular weight is 269 g/mol. The Bertz CT molecular complexity index is 557. The molecule has 6 heteroatoms. The first kappa shape index (κ1) is 13.6. The van der Waals surface area contributed by atoms with Crippen LogP contribution in [0.2, 0.25) is 0 Å². The van der Waals surface area contributed by atoms with Crippen LogP contribution in [0.15, 0.2) is 24.5 Å². The maximum absolute atomic E-state index is 13.6. The van der Waals surface area contributed by atoms with E-state index in [1.165, 1.54) is 6.20 Å². The highest BCUT2D eigenvalue weighted by Gasteiger charge is 2.20. The van der Waals surface area contributed by atoms with Crippen molar-refractivity contribution in [1.82, 2.24) is 9.78 Å². The molecule has 0 aliphatic carbocycles. The number of hydrogen-bond acceptors (Lipinski definition) is 2. The number of hydrogen-bond donors (Lipinski definition) is 1. The van der Waals surface area contributed by atoms with Gasteiger partial charge in [-0.1, -0.05) is 6.92 Å². The zero-order valence-corrected chi connectivity index (χ0v) is 10.4. The van der Waals surface area contributed by atoms with Gasteiger partial charge in [-0.15, -0.1) is 0 Å². The molecule has 0 radical (unpaired) electrons. The third-order valence-electron chi connectivity index (χ3n) is 2.82. The molecule has 3 nitrogen and oxygen atoms in total. The summed E-state index contributed by atoms with van der Waals surface area (Å²) in [6.45, 7) is 2.68. The van der Waals surface area contributed by atoms with Crippen molar-refractivity contribution in [3.8, 4) is 0 Å². The molecule has 1 unspecified atom stereocenters. The Labute approximate surface area is 108 Å². The third-order valence-corrected chi connectivity index (χ3v) is 2.82. The summed E-state index contributed by atoms with van der Waals surface area (Å²) in [6.07, 6.45) is 3.98. The molecule has 1 atom stereocenters. The predicted molar refractivity (Wildman–Crippen MR) is 64.9 cm³/mol. The molecule has 2 rings (SSSR count). The topological polar surface area (TPSA) is 43.8 Å². The molecule has 0 aliphatic rings. The molecular weight excluding hydrogens is 255 g/mol. The Morgan fingerprint density at radius 3 is 2.47 bits per heavy atom. The van der Waals surface area contributed by atoms with E-state index < -0.39 is 23.5 Å². The lowest BCUT2D eigenvalue weighted by atomic mass is 10.0. The van der Waals surface area contributed by atoms with E-state index in [1.807, 2.05) is 6.92 Å². The summed E-state index contributed by atoms with van der Waals surface area (Å²) in [5.74, 6) is -2.95. The zero-order valence-electron chi connectivity index (χ0n) is 10.4. The zero-order chi connectivity index (χ0) is 14.0. The standard InChI is InChI=1S/C13H14F3N3/c1-2-3-19-7-8(6-18-19)13(17)12-10(15)4-9(14)5-11(12)16/h4-7,13H,2-3,17H2,1H3. The summed E-state index contributed by atoms with van der Waals surface area (Å²) in [5.41, 5.74) is 5.96. The van der Waals surface area contributed by atoms with Crippen molar-refractivity contribution in [2.45, 2.75) is 25.9 Å². The highest BCUT2D eigenvalue weighted by molar-refractivity contribution is 5.31. The number of aryl methyl sites for hydroxylation is 1. The Kier molecular flexibility index (Phi) is 3.90. The monoisotopic (exact) mass is 269 g/mol. The van der Waals surface area contributed by atoms with Crippen LogP contribution >= 0.6 is 0 Å². The molecule has 0 spiro atoms. The van der Waals surface area contributed by atoms with Gasteiger partial charge < -0.3 is 5.73 Å². The summed E-state index contributed by atoms with van der Waals surface area (Å²) < 4.78 is 41.7. The number of nitrogens with two attached hydrogens (primary N) is 1. The van der Waals surface area contributed by atoms with Crippen LogP contribution in [0.5, 0.6) is 0 Å². The highest BCUT2D eigenvalue weighted by Crippen LogP contribution is 2.25. The van der Waals surface area contributed by atoms with Gasteiger partial charge in [0, 0.05) is 36.0 Å². The molecule has 1 aromatic carbocycles. The van der Waals surface area contributed by atoms with Gasteiger partial charge in [0.15, 0.2) is 0 Å². The van der Waals surface area contributed by atoms with Gasteiger partial charge in [0.1, 0.15) is 17.5 Å². The molecular formula is C13H14F3N3. The second-order valence-corrected chi connectivity index (χ2v) is 4.30. The van der Waals surface area contributed by atoms with Crippen molar-refractivity contribution in [3.05, 3.63) is 53.1 Å². The number of benzene rings is 1. The maximum atomic E-state index is 13.6. The smallest absolute Gasteiger partial charge is 0.134 e. The van der Waals surface area contributed by atoms with Crippen molar-refractivity contribution >= 4 is 0 Å². The summed E-state index contributed by atoms with van der Waals surface area (Å²) in [6, 6.07) is 0.231. The first-order valence-electron chi connectivity index (χ1n) is 5.95. The first-order valence-corrected chi connectivity index (χ1v) is 5.95. The van der Waals surface area contributed by atoms with Gasteiger partial charge in [-0.3, -0.25) is 4.68 Å². The van der Waals surface area contributed by atoms with E-state index in [0.29, 0.717) is 24.2 Å². The lowest BCUT2D eigenvalue weighted by Crippen LogP contribution is -2.15. The predicted octanol–water partition coefficient (Wildman–Crippen LogP) is 2.76. The third kappa shape index (κ3) is 2.78. The van der Waals surface area contributed by atoms with E-state index in [4.69, 9.17) is 5.73 Å². The summed E-state index contributed by atoms with van der Waals surface area (Å²) in [7, 11) is 0. The van der Waals surface area contributed by atoms with Gasteiger partial charge in [0.2, 0.25) is 0 Å². The van der Waals surface area contributed by atoms with E-state index in [9.17, 15) is 13.2 Å². The molecule has 2 N–H and O–H groups in total. The quantitative estimate of drug-likeness (QED) is 0.927. The fourth-order valence-electron chi connectivity index (χ4n) is 1.91. The van der Waals surface area contributed by atoms with Crippen molar-refractivity contribution < 1.29 is 13.2 Å². The van der Waals surface area contributed by atoms with Crippen LogP contribution in [-0.4, -0.2) is 9.78 Å². The van der Waals surface area contributed by atoms with Crippen LogP contribution in [0.3, 0.4) is 0 Å². The van der Waals surface area contributed by atoms with Crippen LogP contribution < -0.4 is 5.73 Å². The molecule has 0 bridgehead atoms. The van der Waals surface area contributed by atoms with Crippen molar-refractivity contribution in [1.29, 1.82) is 0 Å². The molecule has 2 aromatic rings. The van der Waals surface area contributed by atoms with Crippen molar-refractivity contribution in [2.75, 3.05) is 0 Å². The van der Waals surface area contributed by atoms with E-state index in [-0.39, 0.29) is 5.56 Å². The summed E-state index contributed by atoms with van der Waals surface area (Å²) in [5, 5.41) is 4.05. The van der Waals surface area contributed by atoms with E-state index in [2.05, 4.69) is 5.10 Å².